The lowest BCUT2D eigenvalue weighted by Crippen LogP contribution is -2.25. The Labute approximate surface area is 123 Å². The standard InChI is InChI=1S/C14H20ClN3S/c1-5-9-7-10-12(16-11(6-2)8(3)4)17-14(15)18-13(10)19-9/h7-8,11H,5-6H2,1-4H3,(H,16,17,18). The number of nitrogens with zero attached hydrogens (tertiary/aromatic N) is 2. The molecule has 0 saturated heterocycles. The van der Waals surface area contributed by atoms with Crippen LogP contribution in [0.15, 0.2) is 6.07 Å². The van der Waals surface area contributed by atoms with Gasteiger partial charge in [0.05, 0.1) is 5.39 Å². The number of nitrogens with one attached hydrogen (secondary N) is 1. The summed E-state index contributed by atoms with van der Waals surface area (Å²) >= 11 is 7.72. The Morgan fingerprint density at radius 3 is 2.63 bits per heavy atom. The lowest BCUT2D eigenvalue weighted by Gasteiger charge is -2.21. The maximum atomic E-state index is 6.03. The molecule has 0 radical (unpaired) electrons. The van der Waals surface area contributed by atoms with E-state index in [0.717, 1.165) is 28.9 Å². The number of hydrogen-bond acceptors (Lipinski definition) is 4. The van der Waals surface area contributed by atoms with Crippen molar-refractivity contribution in [3.05, 3.63) is 16.2 Å². The van der Waals surface area contributed by atoms with Crippen molar-refractivity contribution in [3.8, 4) is 0 Å². The van der Waals surface area contributed by atoms with Gasteiger partial charge in [-0.3, -0.25) is 0 Å². The Morgan fingerprint density at radius 1 is 1.32 bits per heavy atom. The first-order valence-corrected chi connectivity index (χ1v) is 7.97. The highest BCUT2D eigenvalue weighted by Crippen LogP contribution is 2.31. The van der Waals surface area contributed by atoms with Gasteiger partial charge in [-0.15, -0.1) is 11.3 Å². The number of hydrogen-bond donors (Lipinski definition) is 1. The first-order chi connectivity index (χ1) is 9.05. The molecule has 0 aliphatic carbocycles. The molecule has 0 bridgehead atoms. The fraction of sp³-hybridized carbons (Fsp3) is 0.571. The van der Waals surface area contributed by atoms with Crippen molar-refractivity contribution in [3.63, 3.8) is 0 Å². The summed E-state index contributed by atoms with van der Waals surface area (Å²) in [7, 11) is 0. The maximum absolute atomic E-state index is 6.03. The second kappa shape index (κ2) is 6.06. The van der Waals surface area contributed by atoms with E-state index < -0.39 is 0 Å². The smallest absolute Gasteiger partial charge is 0.225 e. The van der Waals surface area contributed by atoms with Gasteiger partial charge in [-0.05, 0) is 36.4 Å². The SMILES string of the molecule is CCc1cc2c(NC(CC)C(C)C)nc(Cl)nc2s1. The van der Waals surface area contributed by atoms with Gasteiger partial charge in [-0.1, -0.05) is 27.7 Å². The maximum Gasteiger partial charge on any atom is 0.225 e. The van der Waals surface area contributed by atoms with Gasteiger partial charge in [-0.25, -0.2) is 9.97 Å². The van der Waals surface area contributed by atoms with E-state index in [2.05, 4.69) is 49.0 Å². The van der Waals surface area contributed by atoms with Crippen LogP contribution in [-0.4, -0.2) is 16.0 Å². The lowest BCUT2D eigenvalue weighted by molar-refractivity contribution is 0.510. The van der Waals surface area contributed by atoms with Crippen LogP contribution in [0, 0.1) is 5.92 Å². The molecule has 0 spiro atoms. The molecule has 0 saturated carbocycles. The molecule has 0 fully saturated rings. The summed E-state index contributed by atoms with van der Waals surface area (Å²) < 4.78 is 0. The predicted octanol–water partition coefficient (Wildman–Crippen LogP) is 4.75. The van der Waals surface area contributed by atoms with Crippen molar-refractivity contribution in [2.24, 2.45) is 5.92 Å². The molecule has 0 amide bonds. The lowest BCUT2D eigenvalue weighted by atomic mass is 10.0. The fourth-order valence-corrected chi connectivity index (χ4v) is 3.33. The average molecular weight is 298 g/mol. The van der Waals surface area contributed by atoms with Gasteiger partial charge in [0, 0.05) is 10.9 Å². The highest BCUT2D eigenvalue weighted by atomic mass is 35.5. The van der Waals surface area contributed by atoms with Gasteiger partial charge >= 0.3 is 0 Å². The highest BCUT2D eigenvalue weighted by Gasteiger charge is 2.16. The van der Waals surface area contributed by atoms with Crippen LogP contribution in [0.1, 0.15) is 39.0 Å². The van der Waals surface area contributed by atoms with Gasteiger partial charge in [0.1, 0.15) is 10.6 Å². The number of halogens is 1. The van der Waals surface area contributed by atoms with Gasteiger partial charge < -0.3 is 5.32 Å². The van der Waals surface area contributed by atoms with E-state index >= 15 is 0 Å². The van der Waals surface area contributed by atoms with E-state index in [-0.39, 0.29) is 0 Å². The van der Waals surface area contributed by atoms with Crippen LogP contribution in [0.2, 0.25) is 5.28 Å². The summed E-state index contributed by atoms with van der Waals surface area (Å²) in [4.78, 5) is 11.0. The minimum atomic E-state index is 0.318. The second-order valence-corrected chi connectivity index (χ2v) is 6.48. The molecule has 3 nitrogen and oxygen atoms in total. The van der Waals surface area contributed by atoms with Gasteiger partial charge in [-0.2, -0.15) is 0 Å². The first-order valence-electron chi connectivity index (χ1n) is 6.77. The quantitative estimate of drug-likeness (QED) is 0.809. The monoisotopic (exact) mass is 297 g/mol. The number of fused-ring (bicyclic) bond motifs is 1. The minimum absolute atomic E-state index is 0.318. The molecular weight excluding hydrogens is 278 g/mol. The molecule has 2 heterocycles. The van der Waals surface area contributed by atoms with Crippen molar-refractivity contribution >= 4 is 39.0 Å². The zero-order chi connectivity index (χ0) is 14.0. The molecule has 1 N–H and O–H groups in total. The van der Waals surface area contributed by atoms with Gasteiger partial charge in [0.25, 0.3) is 0 Å². The number of aryl methyl sites for hydroxylation is 1. The van der Waals surface area contributed by atoms with Crippen molar-refractivity contribution in [1.82, 2.24) is 9.97 Å². The molecule has 1 atom stereocenters. The third-order valence-electron chi connectivity index (χ3n) is 3.33. The second-order valence-electron chi connectivity index (χ2n) is 5.03. The average Bonchev–Trinajstić information content (AvgIpc) is 2.78. The minimum Gasteiger partial charge on any atom is -0.366 e. The number of thiophene rings is 1. The van der Waals surface area contributed by atoms with Crippen LogP contribution >= 0.6 is 22.9 Å². The Bertz CT molecular complexity index is 565. The largest absolute Gasteiger partial charge is 0.366 e. The van der Waals surface area contributed by atoms with Crippen molar-refractivity contribution in [2.75, 3.05) is 5.32 Å². The van der Waals surface area contributed by atoms with E-state index in [1.807, 2.05) is 0 Å². The third-order valence-corrected chi connectivity index (χ3v) is 4.67. The van der Waals surface area contributed by atoms with E-state index in [0.29, 0.717) is 17.2 Å². The molecule has 2 aromatic rings. The van der Waals surface area contributed by atoms with Crippen LogP contribution < -0.4 is 5.32 Å². The van der Waals surface area contributed by atoms with E-state index in [4.69, 9.17) is 11.6 Å². The highest BCUT2D eigenvalue weighted by molar-refractivity contribution is 7.18. The number of aromatic nitrogens is 2. The first kappa shape index (κ1) is 14.5. The van der Waals surface area contributed by atoms with Crippen LogP contribution in [0.3, 0.4) is 0 Å². The van der Waals surface area contributed by atoms with Crippen LogP contribution in [0.25, 0.3) is 10.2 Å². The van der Waals surface area contributed by atoms with Crippen LogP contribution in [-0.2, 0) is 6.42 Å². The van der Waals surface area contributed by atoms with Crippen molar-refractivity contribution < 1.29 is 0 Å². The zero-order valence-corrected chi connectivity index (χ0v) is 13.4. The molecule has 0 aliphatic rings. The Hall–Kier alpha value is -0.870. The number of rotatable bonds is 5. The number of anilines is 1. The van der Waals surface area contributed by atoms with Crippen molar-refractivity contribution in [1.29, 1.82) is 0 Å². The Kier molecular flexibility index (Phi) is 4.63. The summed E-state index contributed by atoms with van der Waals surface area (Å²) in [5.41, 5.74) is 0. The summed E-state index contributed by atoms with van der Waals surface area (Å²) in [6, 6.07) is 2.57. The van der Waals surface area contributed by atoms with Crippen molar-refractivity contribution in [2.45, 2.75) is 46.6 Å². The summed E-state index contributed by atoms with van der Waals surface area (Å²) in [5, 5.41) is 4.93. The summed E-state index contributed by atoms with van der Waals surface area (Å²) in [6.07, 6.45) is 2.07. The van der Waals surface area contributed by atoms with E-state index in [1.54, 1.807) is 11.3 Å². The molecule has 19 heavy (non-hydrogen) atoms. The van der Waals surface area contributed by atoms with Crippen LogP contribution in [0.5, 0.6) is 0 Å². The summed E-state index contributed by atoms with van der Waals surface area (Å²) in [5.74, 6) is 1.42. The zero-order valence-electron chi connectivity index (χ0n) is 11.8. The predicted molar refractivity (Wildman–Crippen MR) is 84.3 cm³/mol. The molecule has 0 aliphatic heterocycles. The van der Waals surface area contributed by atoms with Gasteiger partial charge in [0.2, 0.25) is 5.28 Å². The van der Waals surface area contributed by atoms with Gasteiger partial charge in [0.15, 0.2) is 0 Å². The Balaban J connectivity index is 2.43. The van der Waals surface area contributed by atoms with E-state index in [9.17, 15) is 0 Å². The Morgan fingerprint density at radius 2 is 2.05 bits per heavy atom. The molecule has 5 heteroatoms. The van der Waals surface area contributed by atoms with Crippen LogP contribution in [0.4, 0.5) is 5.82 Å². The topological polar surface area (TPSA) is 37.8 Å². The fourth-order valence-electron chi connectivity index (χ4n) is 2.15. The third kappa shape index (κ3) is 3.18. The van der Waals surface area contributed by atoms with E-state index in [1.165, 1.54) is 4.88 Å². The summed E-state index contributed by atoms with van der Waals surface area (Å²) in [6.45, 7) is 8.76. The molecular formula is C14H20ClN3S. The molecule has 2 aromatic heterocycles. The molecule has 1 unspecified atom stereocenters. The molecule has 2 rings (SSSR count). The molecule has 104 valence electrons. The molecule has 0 aromatic carbocycles. The normalized spacial score (nSPS) is 13.2.